The summed E-state index contributed by atoms with van der Waals surface area (Å²) in [5, 5.41) is 17.8. The van der Waals surface area contributed by atoms with Crippen LogP contribution in [0.1, 0.15) is 59.8 Å². The largest absolute Gasteiger partial charge is 0.481 e. The Bertz CT molecular complexity index is 411. The third kappa shape index (κ3) is 5.28. The van der Waals surface area contributed by atoms with Crippen molar-refractivity contribution >= 4 is 5.97 Å². The molecule has 0 amide bonds. The van der Waals surface area contributed by atoms with E-state index in [2.05, 4.69) is 32.1 Å². The van der Waals surface area contributed by atoms with Crippen molar-refractivity contribution in [1.82, 2.24) is 0 Å². The van der Waals surface area contributed by atoms with E-state index in [0.29, 0.717) is 11.8 Å². The van der Waals surface area contributed by atoms with Gasteiger partial charge in [0, 0.05) is 0 Å². The lowest BCUT2D eigenvalue weighted by Gasteiger charge is -2.38. The predicted molar refractivity (Wildman–Crippen MR) is 90.6 cm³/mol. The minimum Gasteiger partial charge on any atom is -0.481 e. The highest BCUT2D eigenvalue weighted by Gasteiger charge is 2.32. The minimum absolute atomic E-state index is 0.181. The van der Waals surface area contributed by atoms with E-state index in [-0.39, 0.29) is 12.0 Å². The van der Waals surface area contributed by atoms with Gasteiger partial charge in [-0.15, -0.1) is 0 Å². The fraction of sp³-hybridized carbons (Fsp3) is 0.737. The van der Waals surface area contributed by atoms with Gasteiger partial charge in [0.1, 0.15) is 0 Å². The lowest BCUT2D eigenvalue weighted by molar-refractivity contribution is -0.141. The highest BCUT2D eigenvalue weighted by atomic mass is 16.4. The van der Waals surface area contributed by atoms with Crippen molar-refractivity contribution in [3.63, 3.8) is 0 Å². The van der Waals surface area contributed by atoms with Crippen LogP contribution >= 0.6 is 0 Å². The Morgan fingerprint density at radius 1 is 1.36 bits per heavy atom. The number of aliphatic hydroxyl groups excluding tert-OH is 1. The van der Waals surface area contributed by atoms with Crippen LogP contribution in [0.4, 0.5) is 0 Å². The summed E-state index contributed by atoms with van der Waals surface area (Å²) in [6, 6.07) is 0. The number of allylic oxidation sites excluding steroid dienone is 3. The van der Waals surface area contributed by atoms with Gasteiger partial charge in [-0.25, -0.2) is 0 Å². The van der Waals surface area contributed by atoms with Crippen LogP contribution < -0.4 is 0 Å². The number of carboxylic acids is 1. The van der Waals surface area contributed by atoms with Gasteiger partial charge >= 0.3 is 5.97 Å². The summed E-state index contributed by atoms with van der Waals surface area (Å²) in [5.74, 6) is 1.34. The number of aliphatic hydroxyl groups is 1. The third-order valence-electron chi connectivity index (χ3n) is 5.03. The van der Waals surface area contributed by atoms with Crippen LogP contribution in [0.3, 0.4) is 0 Å². The molecule has 5 unspecified atom stereocenters. The van der Waals surface area contributed by atoms with Crippen LogP contribution in [0, 0.1) is 23.7 Å². The number of carbonyl (C=O) groups is 1. The molecule has 0 aromatic carbocycles. The average Bonchev–Trinajstić information content (AvgIpc) is 2.50. The van der Waals surface area contributed by atoms with Gasteiger partial charge in [0.25, 0.3) is 0 Å². The van der Waals surface area contributed by atoms with Crippen LogP contribution in [-0.2, 0) is 4.79 Å². The Kier molecular flexibility index (Phi) is 7.88. The van der Waals surface area contributed by atoms with Crippen molar-refractivity contribution in [2.75, 3.05) is 0 Å². The maximum absolute atomic E-state index is 9.93. The first kappa shape index (κ1) is 19.0. The second-order valence-corrected chi connectivity index (χ2v) is 6.74. The molecule has 22 heavy (non-hydrogen) atoms. The van der Waals surface area contributed by atoms with Gasteiger partial charge in [0.2, 0.25) is 0 Å². The quantitative estimate of drug-likeness (QED) is 0.808. The Morgan fingerprint density at radius 3 is 2.55 bits per heavy atom. The standard InChI is InChI=1S/C14H22O.C5H10O2/c1-3-4-13-10(2)5-6-11-9-12(15)7-8-14(11)13;1-3-4(2)5(6)7/h5-6,9-10,12-15H,3-4,7-8H2,1-2H3;4H,3H2,1-2H3,(H,6,7). The van der Waals surface area contributed by atoms with Gasteiger partial charge in [-0.1, -0.05) is 52.3 Å². The molecule has 0 fully saturated rings. The highest BCUT2D eigenvalue weighted by Crippen LogP contribution is 2.41. The molecule has 0 heterocycles. The number of fused-ring (bicyclic) bond motifs is 1. The van der Waals surface area contributed by atoms with Gasteiger partial charge in [0.05, 0.1) is 12.0 Å². The summed E-state index contributed by atoms with van der Waals surface area (Å²) in [7, 11) is 0. The first-order chi connectivity index (χ1) is 10.4. The molecule has 5 atom stereocenters. The molecule has 2 N–H and O–H groups in total. The van der Waals surface area contributed by atoms with Crippen LogP contribution in [-0.4, -0.2) is 22.3 Å². The average molecular weight is 308 g/mol. The Hall–Kier alpha value is -1.09. The van der Waals surface area contributed by atoms with E-state index >= 15 is 0 Å². The van der Waals surface area contributed by atoms with E-state index < -0.39 is 5.97 Å². The minimum atomic E-state index is -0.706. The summed E-state index contributed by atoms with van der Waals surface area (Å²) < 4.78 is 0. The molecule has 0 aromatic heterocycles. The van der Waals surface area contributed by atoms with Crippen LogP contribution in [0.15, 0.2) is 23.8 Å². The van der Waals surface area contributed by atoms with Gasteiger partial charge in [-0.05, 0) is 49.0 Å². The zero-order valence-electron chi connectivity index (χ0n) is 14.5. The summed E-state index contributed by atoms with van der Waals surface area (Å²) in [5.41, 5.74) is 1.39. The van der Waals surface area contributed by atoms with Gasteiger partial charge in [0.15, 0.2) is 0 Å². The maximum Gasteiger partial charge on any atom is 0.306 e. The van der Waals surface area contributed by atoms with Crippen molar-refractivity contribution in [3.8, 4) is 0 Å². The van der Waals surface area contributed by atoms with Crippen molar-refractivity contribution in [1.29, 1.82) is 0 Å². The van der Waals surface area contributed by atoms with E-state index in [1.54, 1.807) is 6.92 Å². The predicted octanol–water partition coefficient (Wildman–Crippen LogP) is 4.42. The van der Waals surface area contributed by atoms with E-state index in [1.165, 1.54) is 24.8 Å². The molecular formula is C19H32O3. The van der Waals surface area contributed by atoms with Gasteiger partial charge in [-0.3, -0.25) is 4.79 Å². The number of carboxylic acid groups (broad SMARTS) is 1. The molecule has 2 aliphatic carbocycles. The Labute approximate surface area is 135 Å². The molecule has 0 aromatic rings. The molecule has 3 nitrogen and oxygen atoms in total. The van der Waals surface area contributed by atoms with E-state index in [9.17, 15) is 9.90 Å². The van der Waals surface area contributed by atoms with Crippen molar-refractivity contribution in [3.05, 3.63) is 23.8 Å². The van der Waals surface area contributed by atoms with Gasteiger partial charge in [-0.2, -0.15) is 0 Å². The van der Waals surface area contributed by atoms with Crippen LogP contribution in [0.25, 0.3) is 0 Å². The van der Waals surface area contributed by atoms with Gasteiger partial charge < -0.3 is 10.2 Å². The zero-order chi connectivity index (χ0) is 16.7. The topological polar surface area (TPSA) is 57.5 Å². The Balaban J connectivity index is 0.000000295. The second-order valence-electron chi connectivity index (χ2n) is 6.74. The monoisotopic (exact) mass is 308 g/mol. The summed E-state index contributed by atoms with van der Waals surface area (Å²) >= 11 is 0. The number of aliphatic carboxylic acids is 1. The van der Waals surface area contributed by atoms with Crippen molar-refractivity contribution in [2.45, 2.75) is 65.9 Å². The smallest absolute Gasteiger partial charge is 0.306 e. The molecular weight excluding hydrogens is 276 g/mol. The zero-order valence-corrected chi connectivity index (χ0v) is 14.5. The molecule has 3 heteroatoms. The maximum atomic E-state index is 9.93. The van der Waals surface area contributed by atoms with E-state index in [4.69, 9.17) is 5.11 Å². The fourth-order valence-corrected chi connectivity index (χ4v) is 3.33. The molecule has 0 spiro atoms. The first-order valence-electron chi connectivity index (χ1n) is 8.71. The first-order valence-corrected chi connectivity index (χ1v) is 8.71. The lowest BCUT2D eigenvalue weighted by atomic mass is 9.68. The molecule has 2 rings (SSSR count). The summed E-state index contributed by atoms with van der Waals surface area (Å²) in [6.07, 6.45) is 11.9. The summed E-state index contributed by atoms with van der Waals surface area (Å²) in [6.45, 7) is 8.16. The van der Waals surface area contributed by atoms with E-state index in [1.807, 2.05) is 6.92 Å². The Morgan fingerprint density at radius 2 is 2.05 bits per heavy atom. The summed E-state index contributed by atoms with van der Waals surface area (Å²) in [4.78, 5) is 9.93. The number of hydrogen-bond acceptors (Lipinski definition) is 2. The van der Waals surface area contributed by atoms with Crippen LogP contribution in [0.5, 0.6) is 0 Å². The third-order valence-corrected chi connectivity index (χ3v) is 5.03. The molecule has 0 saturated heterocycles. The fourth-order valence-electron chi connectivity index (χ4n) is 3.33. The molecule has 126 valence electrons. The SMILES string of the molecule is CCC(C)C(=O)O.CCCC1C(C)C=CC2=CC(O)CCC21. The van der Waals surface area contributed by atoms with Crippen molar-refractivity contribution < 1.29 is 15.0 Å². The molecule has 2 aliphatic rings. The second kappa shape index (κ2) is 9.14. The number of hydrogen-bond donors (Lipinski definition) is 2. The molecule has 0 radical (unpaired) electrons. The number of rotatable bonds is 4. The lowest BCUT2D eigenvalue weighted by Crippen LogP contribution is -2.29. The molecule has 0 bridgehead atoms. The molecule has 0 saturated carbocycles. The van der Waals surface area contributed by atoms with E-state index in [0.717, 1.165) is 18.8 Å². The molecule has 0 aliphatic heterocycles. The highest BCUT2D eigenvalue weighted by molar-refractivity contribution is 5.69. The van der Waals surface area contributed by atoms with Crippen LogP contribution in [0.2, 0.25) is 0 Å². The normalized spacial score (nSPS) is 31.4. The van der Waals surface area contributed by atoms with Crippen molar-refractivity contribution in [2.24, 2.45) is 23.7 Å².